The normalized spacial score (nSPS) is 22.0. The van der Waals surface area contributed by atoms with Crippen molar-refractivity contribution in [3.05, 3.63) is 53.1 Å². The highest BCUT2D eigenvalue weighted by Gasteiger charge is 2.61. The van der Waals surface area contributed by atoms with Crippen LogP contribution in [-0.4, -0.2) is 12.6 Å². The van der Waals surface area contributed by atoms with Crippen molar-refractivity contribution in [2.75, 3.05) is 6.61 Å². The predicted octanol–water partition coefficient (Wildman–Crippen LogP) is 5.21. The van der Waals surface area contributed by atoms with Crippen LogP contribution in [-0.2, 0) is 9.53 Å². The molecule has 0 spiro atoms. The number of carbonyl (C=O) groups excluding carboxylic acids is 1. The standard InChI is InChI=1S/C21H23BrO2/c1-6-15(19(22)16-10-8-7-9-11-16)13-24-20(23)18-17(12-14(2)3)21(18,4)5/h1,7-12,17-18H,13H2,2-5H3/b19-15-. The summed E-state index contributed by atoms with van der Waals surface area (Å²) in [5.41, 5.74) is 2.77. The second kappa shape index (κ2) is 7.40. The number of hydrogen-bond acceptors (Lipinski definition) is 2. The number of hydrogen-bond donors (Lipinski definition) is 0. The number of allylic oxidation sites excluding steroid dienone is 2. The highest BCUT2D eigenvalue weighted by atomic mass is 79.9. The molecule has 2 atom stereocenters. The van der Waals surface area contributed by atoms with E-state index in [0.717, 1.165) is 10.0 Å². The van der Waals surface area contributed by atoms with Crippen molar-refractivity contribution in [2.24, 2.45) is 17.3 Å². The van der Waals surface area contributed by atoms with Crippen molar-refractivity contribution < 1.29 is 9.53 Å². The van der Waals surface area contributed by atoms with Crippen LogP contribution in [0.15, 0.2) is 47.6 Å². The molecule has 0 radical (unpaired) electrons. The first-order valence-electron chi connectivity index (χ1n) is 8.01. The van der Waals surface area contributed by atoms with Gasteiger partial charge in [-0.05, 0) is 46.7 Å². The second-order valence-electron chi connectivity index (χ2n) is 6.98. The third-order valence-corrected chi connectivity index (χ3v) is 5.44. The number of esters is 1. The molecule has 24 heavy (non-hydrogen) atoms. The molecule has 3 heteroatoms. The number of benzene rings is 1. The van der Waals surface area contributed by atoms with E-state index in [0.29, 0.717) is 5.57 Å². The largest absolute Gasteiger partial charge is 0.460 e. The molecule has 2 nitrogen and oxygen atoms in total. The fourth-order valence-electron chi connectivity index (χ4n) is 2.96. The van der Waals surface area contributed by atoms with Crippen LogP contribution in [0.2, 0.25) is 0 Å². The first-order chi connectivity index (χ1) is 11.3. The average molecular weight is 387 g/mol. The first-order valence-corrected chi connectivity index (χ1v) is 8.80. The Morgan fingerprint density at radius 2 is 1.96 bits per heavy atom. The molecular formula is C21H23BrO2. The molecule has 2 unspecified atom stereocenters. The van der Waals surface area contributed by atoms with Gasteiger partial charge in [0.2, 0.25) is 0 Å². The Balaban J connectivity index is 2.06. The van der Waals surface area contributed by atoms with Gasteiger partial charge in [-0.15, -0.1) is 6.42 Å². The van der Waals surface area contributed by atoms with Gasteiger partial charge in [-0.3, -0.25) is 4.79 Å². The Kier molecular flexibility index (Phi) is 5.72. The van der Waals surface area contributed by atoms with Crippen LogP contribution in [0, 0.1) is 29.6 Å². The van der Waals surface area contributed by atoms with Crippen LogP contribution < -0.4 is 0 Å². The molecule has 1 fully saturated rings. The number of halogens is 1. The molecule has 1 saturated carbocycles. The molecular weight excluding hydrogens is 364 g/mol. The van der Waals surface area contributed by atoms with Gasteiger partial charge in [-0.25, -0.2) is 0 Å². The SMILES string of the molecule is C#C/C(COC(=O)C1C(C=C(C)C)C1(C)C)=C(/Br)c1ccccc1. The fraction of sp³-hybridized carbons (Fsp3) is 0.381. The van der Waals surface area contributed by atoms with Gasteiger partial charge in [-0.1, -0.05) is 61.7 Å². The van der Waals surface area contributed by atoms with Gasteiger partial charge in [-0.2, -0.15) is 0 Å². The smallest absolute Gasteiger partial charge is 0.310 e. The van der Waals surface area contributed by atoms with Crippen LogP contribution in [0.5, 0.6) is 0 Å². The molecule has 0 N–H and O–H groups in total. The summed E-state index contributed by atoms with van der Waals surface area (Å²) in [5, 5.41) is 0. The van der Waals surface area contributed by atoms with E-state index in [1.54, 1.807) is 0 Å². The molecule has 0 aliphatic heterocycles. The third kappa shape index (κ3) is 3.99. The quantitative estimate of drug-likeness (QED) is 0.394. The Morgan fingerprint density at radius 3 is 2.50 bits per heavy atom. The Hall–Kier alpha value is -1.79. The van der Waals surface area contributed by atoms with E-state index in [4.69, 9.17) is 11.2 Å². The minimum atomic E-state index is -0.177. The Bertz CT molecular complexity index is 716. The maximum Gasteiger partial charge on any atom is 0.310 e. The zero-order valence-electron chi connectivity index (χ0n) is 14.6. The molecule has 2 rings (SSSR count). The third-order valence-electron chi connectivity index (χ3n) is 4.50. The lowest BCUT2D eigenvalue weighted by Crippen LogP contribution is -2.12. The minimum absolute atomic E-state index is 0.0506. The number of carbonyl (C=O) groups is 1. The Morgan fingerprint density at radius 1 is 1.33 bits per heavy atom. The molecule has 0 bridgehead atoms. The van der Waals surface area contributed by atoms with Crippen LogP contribution in [0.1, 0.15) is 33.3 Å². The molecule has 1 aromatic rings. The molecule has 0 amide bonds. The number of ether oxygens (including phenoxy) is 1. The van der Waals surface area contributed by atoms with Gasteiger partial charge in [0.1, 0.15) is 6.61 Å². The molecule has 0 aromatic heterocycles. The molecule has 126 valence electrons. The van der Waals surface area contributed by atoms with Crippen LogP contribution in [0.25, 0.3) is 4.48 Å². The highest BCUT2D eigenvalue weighted by molar-refractivity contribution is 9.15. The van der Waals surface area contributed by atoms with E-state index < -0.39 is 0 Å². The van der Waals surface area contributed by atoms with E-state index in [-0.39, 0.29) is 29.8 Å². The van der Waals surface area contributed by atoms with Crippen LogP contribution in [0.3, 0.4) is 0 Å². The summed E-state index contributed by atoms with van der Waals surface area (Å²) in [6.07, 6.45) is 7.75. The summed E-state index contributed by atoms with van der Waals surface area (Å²) in [5.74, 6) is 2.59. The van der Waals surface area contributed by atoms with E-state index in [2.05, 4.69) is 41.8 Å². The molecule has 1 aliphatic rings. The maximum absolute atomic E-state index is 12.4. The zero-order chi connectivity index (χ0) is 17.9. The fourth-order valence-corrected chi connectivity index (χ4v) is 3.45. The lowest BCUT2D eigenvalue weighted by atomic mass is 10.1. The summed E-state index contributed by atoms with van der Waals surface area (Å²) in [6, 6.07) is 9.73. The molecule has 1 aliphatic carbocycles. The van der Waals surface area contributed by atoms with E-state index in [9.17, 15) is 4.79 Å². The Labute approximate surface area is 153 Å². The molecule has 0 saturated heterocycles. The zero-order valence-corrected chi connectivity index (χ0v) is 16.2. The van der Waals surface area contributed by atoms with Crippen LogP contribution in [0.4, 0.5) is 0 Å². The van der Waals surface area contributed by atoms with Crippen molar-refractivity contribution in [1.29, 1.82) is 0 Å². The first kappa shape index (κ1) is 18.5. The lowest BCUT2D eigenvalue weighted by molar-refractivity contribution is -0.145. The van der Waals surface area contributed by atoms with Crippen molar-refractivity contribution in [1.82, 2.24) is 0 Å². The van der Waals surface area contributed by atoms with Crippen molar-refractivity contribution in [3.8, 4) is 12.3 Å². The summed E-state index contributed by atoms with van der Waals surface area (Å²) in [6.45, 7) is 8.40. The van der Waals surface area contributed by atoms with Crippen molar-refractivity contribution >= 4 is 26.4 Å². The van der Waals surface area contributed by atoms with Crippen molar-refractivity contribution in [3.63, 3.8) is 0 Å². The van der Waals surface area contributed by atoms with E-state index in [1.165, 1.54) is 5.57 Å². The number of rotatable bonds is 5. The van der Waals surface area contributed by atoms with Crippen molar-refractivity contribution in [2.45, 2.75) is 27.7 Å². The van der Waals surface area contributed by atoms with Gasteiger partial charge in [0.15, 0.2) is 0 Å². The summed E-state index contributed by atoms with van der Waals surface area (Å²) in [7, 11) is 0. The van der Waals surface area contributed by atoms with Gasteiger partial charge in [0.05, 0.1) is 11.5 Å². The average Bonchev–Trinajstić information content (AvgIpc) is 3.08. The van der Waals surface area contributed by atoms with Gasteiger partial charge in [0, 0.05) is 4.48 Å². The summed E-state index contributed by atoms with van der Waals surface area (Å²) >= 11 is 3.52. The summed E-state index contributed by atoms with van der Waals surface area (Å²) in [4.78, 5) is 12.4. The summed E-state index contributed by atoms with van der Waals surface area (Å²) < 4.78 is 6.30. The number of terminal acetylenes is 1. The highest BCUT2D eigenvalue weighted by Crippen LogP contribution is 2.59. The topological polar surface area (TPSA) is 26.3 Å². The predicted molar refractivity (Wildman–Crippen MR) is 102 cm³/mol. The second-order valence-corrected chi connectivity index (χ2v) is 7.77. The van der Waals surface area contributed by atoms with Gasteiger partial charge in [0.25, 0.3) is 0 Å². The maximum atomic E-state index is 12.4. The van der Waals surface area contributed by atoms with Gasteiger partial charge >= 0.3 is 5.97 Å². The molecule has 0 heterocycles. The van der Waals surface area contributed by atoms with E-state index >= 15 is 0 Å². The van der Waals surface area contributed by atoms with Gasteiger partial charge < -0.3 is 4.74 Å². The monoisotopic (exact) mass is 386 g/mol. The van der Waals surface area contributed by atoms with E-state index in [1.807, 2.05) is 44.2 Å². The van der Waals surface area contributed by atoms with Crippen LogP contribution >= 0.6 is 15.9 Å². The molecule has 1 aromatic carbocycles. The lowest BCUT2D eigenvalue weighted by Gasteiger charge is -2.08. The minimum Gasteiger partial charge on any atom is -0.460 e.